The number of likely N-dealkylation sites (N-methyl/N-ethyl adjacent to an activating group) is 1. The number of hydrogen-bond donors (Lipinski definition) is 1. The number of benzene rings is 1. The van der Waals surface area contributed by atoms with Gasteiger partial charge in [0.1, 0.15) is 11.5 Å². The van der Waals surface area contributed by atoms with Crippen LogP contribution in [0.3, 0.4) is 0 Å². The van der Waals surface area contributed by atoms with Crippen LogP contribution in [0, 0.1) is 19.5 Å². The van der Waals surface area contributed by atoms with Gasteiger partial charge >= 0.3 is 0 Å². The molecule has 5 nitrogen and oxygen atoms in total. The fourth-order valence-corrected chi connectivity index (χ4v) is 2.91. The van der Waals surface area contributed by atoms with Crippen molar-refractivity contribution in [2.24, 2.45) is 0 Å². The zero-order valence-electron chi connectivity index (χ0n) is 11.2. The van der Waals surface area contributed by atoms with Crippen LogP contribution in [0.15, 0.2) is 12.1 Å². The van der Waals surface area contributed by atoms with E-state index in [2.05, 4.69) is 17.3 Å². The number of halogens is 2. The van der Waals surface area contributed by atoms with Crippen LogP contribution in [0.2, 0.25) is 0 Å². The smallest absolute Gasteiger partial charge is 0.293 e. The van der Waals surface area contributed by atoms with Gasteiger partial charge in [0.15, 0.2) is 0 Å². The average molecular weight is 393 g/mol. The highest BCUT2D eigenvalue weighted by atomic mass is 127. The standard InChI is InChI=1S/C13H17FIN3O2/c1-17-5-3-2-4-9(17)8-16-12-6-10(14)11(15)7-13(12)18(19)20/h6-7,9,16H,2-5,8H2,1H3. The molecule has 1 aromatic carbocycles. The number of nitro groups is 1. The lowest BCUT2D eigenvalue weighted by molar-refractivity contribution is -0.384. The molecule has 0 spiro atoms. The Balaban J connectivity index is 2.12. The van der Waals surface area contributed by atoms with Crippen LogP contribution in [0.1, 0.15) is 19.3 Å². The quantitative estimate of drug-likeness (QED) is 0.485. The molecule has 110 valence electrons. The Kier molecular flexibility index (Phi) is 5.14. The molecule has 0 aromatic heterocycles. The summed E-state index contributed by atoms with van der Waals surface area (Å²) in [6, 6.07) is 2.82. The van der Waals surface area contributed by atoms with Crippen molar-refractivity contribution in [1.82, 2.24) is 4.90 Å². The summed E-state index contributed by atoms with van der Waals surface area (Å²) in [5.74, 6) is -0.435. The van der Waals surface area contributed by atoms with Gasteiger partial charge in [-0.2, -0.15) is 0 Å². The van der Waals surface area contributed by atoms with Crippen molar-refractivity contribution >= 4 is 34.0 Å². The van der Waals surface area contributed by atoms with Crippen LogP contribution in [0.25, 0.3) is 0 Å². The minimum Gasteiger partial charge on any atom is -0.378 e. The van der Waals surface area contributed by atoms with Gasteiger partial charge in [-0.25, -0.2) is 4.39 Å². The van der Waals surface area contributed by atoms with E-state index in [0.29, 0.717) is 12.6 Å². The van der Waals surface area contributed by atoms with E-state index in [-0.39, 0.29) is 14.9 Å². The minimum absolute atomic E-state index is 0.0748. The molecule has 1 aromatic rings. The summed E-state index contributed by atoms with van der Waals surface area (Å²) in [6.45, 7) is 1.63. The van der Waals surface area contributed by atoms with E-state index in [1.54, 1.807) is 22.6 Å². The Bertz CT molecular complexity index is 513. The van der Waals surface area contributed by atoms with Gasteiger partial charge in [0.2, 0.25) is 0 Å². The molecular formula is C13H17FIN3O2. The van der Waals surface area contributed by atoms with Crippen molar-refractivity contribution in [2.75, 3.05) is 25.5 Å². The molecule has 1 heterocycles. The molecule has 0 radical (unpaired) electrons. The number of nitrogens with one attached hydrogen (secondary N) is 1. The minimum atomic E-state index is -0.478. The summed E-state index contributed by atoms with van der Waals surface area (Å²) in [7, 11) is 2.05. The summed E-state index contributed by atoms with van der Waals surface area (Å²) in [4.78, 5) is 12.8. The number of nitrogens with zero attached hydrogens (tertiary/aromatic N) is 2. The van der Waals surface area contributed by atoms with Gasteiger partial charge in [-0.05, 0) is 49.0 Å². The van der Waals surface area contributed by atoms with Gasteiger partial charge in [-0.15, -0.1) is 0 Å². The molecule has 0 saturated carbocycles. The lowest BCUT2D eigenvalue weighted by atomic mass is 10.0. The van der Waals surface area contributed by atoms with Crippen molar-refractivity contribution in [1.29, 1.82) is 0 Å². The SMILES string of the molecule is CN1CCCCC1CNc1cc(F)c(I)cc1[N+](=O)[O-]. The fraction of sp³-hybridized carbons (Fsp3) is 0.538. The molecule has 1 N–H and O–H groups in total. The number of piperidine rings is 1. The lowest BCUT2D eigenvalue weighted by Gasteiger charge is -2.32. The monoisotopic (exact) mass is 393 g/mol. The number of rotatable bonds is 4. The maximum absolute atomic E-state index is 13.6. The molecule has 1 saturated heterocycles. The van der Waals surface area contributed by atoms with E-state index in [1.165, 1.54) is 25.0 Å². The van der Waals surface area contributed by atoms with Gasteiger partial charge < -0.3 is 10.2 Å². The summed E-state index contributed by atoms with van der Waals surface area (Å²) < 4.78 is 13.8. The first kappa shape index (κ1) is 15.4. The Morgan fingerprint density at radius 3 is 2.95 bits per heavy atom. The van der Waals surface area contributed by atoms with Gasteiger partial charge in [0.05, 0.1) is 8.49 Å². The molecular weight excluding hydrogens is 376 g/mol. The third-order valence-electron chi connectivity index (χ3n) is 3.68. The average Bonchev–Trinajstić information content (AvgIpc) is 2.41. The van der Waals surface area contributed by atoms with Crippen molar-refractivity contribution in [3.63, 3.8) is 0 Å². The van der Waals surface area contributed by atoms with Crippen LogP contribution in [-0.4, -0.2) is 36.0 Å². The summed E-state index contributed by atoms with van der Waals surface area (Å²) >= 11 is 1.76. The van der Waals surface area contributed by atoms with E-state index in [1.807, 2.05) is 0 Å². The van der Waals surface area contributed by atoms with Gasteiger partial charge in [-0.3, -0.25) is 10.1 Å². The maximum Gasteiger partial charge on any atom is 0.293 e. The Hall–Kier alpha value is -0.960. The molecule has 0 aliphatic carbocycles. The summed E-state index contributed by atoms with van der Waals surface area (Å²) in [5.41, 5.74) is 0.182. The van der Waals surface area contributed by atoms with E-state index in [9.17, 15) is 14.5 Å². The maximum atomic E-state index is 13.6. The number of anilines is 1. The van der Waals surface area contributed by atoms with Crippen molar-refractivity contribution in [2.45, 2.75) is 25.3 Å². The van der Waals surface area contributed by atoms with Gasteiger partial charge in [0.25, 0.3) is 5.69 Å². The topological polar surface area (TPSA) is 58.4 Å². The molecule has 20 heavy (non-hydrogen) atoms. The van der Waals surface area contributed by atoms with E-state index < -0.39 is 10.7 Å². The zero-order chi connectivity index (χ0) is 14.7. The second kappa shape index (κ2) is 6.66. The van der Waals surface area contributed by atoms with Gasteiger partial charge in [-0.1, -0.05) is 6.42 Å². The van der Waals surface area contributed by atoms with E-state index in [0.717, 1.165) is 13.0 Å². The lowest BCUT2D eigenvalue weighted by Crippen LogP contribution is -2.40. The normalized spacial score (nSPS) is 19.9. The number of nitro benzene ring substituents is 1. The third kappa shape index (κ3) is 3.57. The molecule has 0 amide bonds. The second-order valence-corrected chi connectivity index (χ2v) is 6.21. The molecule has 1 aliphatic heterocycles. The summed E-state index contributed by atoms with van der Waals surface area (Å²) in [6.07, 6.45) is 3.41. The third-order valence-corrected chi connectivity index (χ3v) is 4.51. The van der Waals surface area contributed by atoms with E-state index in [4.69, 9.17) is 0 Å². The van der Waals surface area contributed by atoms with Crippen LogP contribution in [0.5, 0.6) is 0 Å². The first-order valence-corrected chi connectivity index (χ1v) is 7.64. The zero-order valence-corrected chi connectivity index (χ0v) is 13.4. The number of hydrogen-bond acceptors (Lipinski definition) is 4. The first-order chi connectivity index (χ1) is 9.49. The molecule has 0 bridgehead atoms. The molecule has 1 atom stereocenters. The predicted molar refractivity (Wildman–Crippen MR) is 84.5 cm³/mol. The van der Waals surface area contributed by atoms with Crippen LogP contribution in [0.4, 0.5) is 15.8 Å². The van der Waals surface area contributed by atoms with Crippen LogP contribution < -0.4 is 5.32 Å². The highest BCUT2D eigenvalue weighted by Crippen LogP contribution is 2.29. The molecule has 7 heteroatoms. The molecule has 1 unspecified atom stereocenters. The Labute approximate surface area is 130 Å². The second-order valence-electron chi connectivity index (χ2n) is 5.05. The molecule has 1 fully saturated rings. The number of likely N-dealkylation sites (tertiary alicyclic amines) is 1. The highest BCUT2D eigenvalue weighted by molar-refractivity contribution is 14.1. The summed E-state index contributed by atoms with van der Waals surface area (Å²) in [5, 5.41) is 14.1. The fourth-order valence-electron chi connectivity index (χ4n) is 2.46. The van der Waals surface area contributed by atoms with Gasteiger partial charge in [0, 0.05) is 24.7 Å². The van der Waals surface area contributed by atoms with Crippen LogP contribution in [-0.2, 0) is 0 Å². The van der Waals surface area contributed by atoms with E-state index >= 15 is 0 Å². The molecule has 1 aliphatic rings. The first-order valence-electron chi connectivity index (χ1n) is 6.56. The Morgan fingerprint density at radius 2 is 2.30 bits per heavy atom. The van der Waals surface area contributed by atoms with Crippen LogP contribution >= 0.6 is 22.6 Å². The van der Waals surface area contributed by atoms with Crippen molar-refractivity contribution in [3.05, 3.63) is 31.6 Å². The van der Waals surface area contributed by atoms with Crippen molar-refractivity contribution < 1.29 is 9.31 Å². The highest BCUT2D eigenvalue weighted by Gasteiger charge is 2.21. The predicted octanol–water partition coefficient (Wildman–Crippen LogP) is 3.23. The van der Waals surface area contributed by atoms with Crippen molar-refractivity contribution in [3.8, 4) is 0 Å². The molecule has 2 rings (SSSR count). The largest absolute Gasteiger partial charge is 0.378 e. The Morgan fingerprint density at radius 1 is 1.55 bits per heavy atom.